The molecule has 1 fully saturated rings. The molecule has 9 heteroatoms. The summed E-state index contributed by atoms with van der Waals surface area (Å²) in [5, 5.41) is 0. The Kier molecular flexibility index (Phi) is 5.86. The van der Waals surface area contributed by atoms with Gasteiger partial charge in [-0.3, -0.25) is 4.90 Å². The Bertz CT molecular complexity index is 1170. The number of hydrogen-bond acceptors (Lipinski definition) is 6. The van der Waals surface area contributed by atoms with Crippen molar-refractivity contribution in [2.24, 2.45) is 0 Å². The number of fused-ring (bicyclic) bond motifs is 1. The van der Waals surface area contributed by atoms with Crippen LogP contribution in [-0.2, 0) is 16.6 Å². The van der Waals surface area contributed by atoms with Gasteiger partial charge in [-0.05, 0) is 12.1 Å². The fraction of sp³-hybridized carbons (Fsp3) is 0.348. The lowest BCUT2D eigenvalue weighted by atomic mass is 10.2. The van der Waals surface area contributed by atoms with Gasteiger partial charge in [0.15, 0.2) is 11.5 Å². The zero-order valence-electron chi connectivity index (χ0n) is 17.8. The number of ether oxygens (including phenoxy) is 2. The first-order valence-electron chi connectivity index (χ1n) is 10.8. The summed E-state index contributed by atoms with van der Waals surface area (Å²) in [5.74, 6) is 2.03. The second-order valence-corrected chi connectivity index (χ2v) is 9.80. The average molecular weight is 455 g/mol. The summed E-state index contributed by atoms with van der Waals surface area (Å²) >= 11 is 0. The highest BCUT2D eigenvalue weighted by atomic mass is 32.2. The Morgan fingerprint density at radius 1 is 0.875 bits per heavy atom. The summed E-state index contributed by atoms with van der Waals surface area (Å²) in [4.78, 5) is 7.04. The number of hydrogen-bond donors (Lipinski definition) is 0. The molecule has 1 aromatic heterocycles. The molecule has 0 unspecified atom stereocenters. The number of sulfonamides is 1. The highest BCUT2D eigenvalue weighted by molar-refractivity contribution is 7.89. The second-order valence-electron chi connectivity index (χ2n) is 7.86. The normalized spacial score (nSPS) is 17.4. The van der Waals surface area contributed by atoms with E-state index < -0.39 is 10.0 Å². The summed E-state index contributed by atoms with van der Waals surface area (Å²) in [6.07, 6.45) is 3.81. The van der Waals surface area contributed by atoms with Gasteiger partial charge in [0.25, 0.3) is 0 Å². The average Bonchev–Trinajstić information content (AvgIpc) is 3.32. The van der Waals surface area contributed by atoms with Crippen LogP contribution in [0.5, 0.6) is 11.5 Å². The van der Waals surface area contributed by atoms with Crippen molar-refractivity contribution in [1.82, 2.24) is 18.8 Å². The molecule has 8 nitrogen and oxygen atoms in total. The summed E-state index contributed by atoms with van der Waals surface area (Å²) in [6.45, 7) is 4.87. The summed E-state index contributed by atoms with van der Waals surface area (Å²) in [6, 6.07) is 15.0. The fourth-order valence-corrected chi connectivity index (χ4v) is 5.55. The van der Waals surface area contributed by atoms with Gasteiger partial charge in [-0.1, -0.05) is 30.3 Å². The lowest BCUT2D eigenvalue weighted by Gasteiger charge is -2.34. The molecule has 0 aliphatic carbocycles. The van der Waals surface area contributed by atoms with Gasteiger partial charge in [0.05, 0.1) is 4.90 Å². The number of rotatable bonds is 6. The Morgan fingerprint density at radius 2 is 1.62 bits per heavy atom. The van der Waals surface area contributed by atoms with Crippen molar-refractivity contribution in [3.8, 4) is 22.9 Å². The van der Waals surface area contributed by atoms with E-state index in [1.165, 1.54) is 0 Å². The Morgan fingerprint density at radius 3 is 2.41 bits per heavy atom. The molecule has 0 saturated carbocycles. The van der Waals surface area contributed by atoms with E-state index in [2.05, 4.69) is 26.6 Å². The summed E-state index contributed by atoms with van der Waals surface area (Å²) in [7, 11) is -3.56. The number of aromatic nitrogens is 2. The van der Waals surface area contributed by atoms with Crippen molar-refractivity contribution in [2.75, 3.05) is 45.9 Å². The van der Waals surface area contributed by atoms with Crippen LogP contribution in [0.1, 0.15) is 0 Å². The van der Waals surface area contributed by atoms with Crippen LogP contribution in [0, 0.1) is 0 Å². The van der Waals surface area contributed by atoms with Crippen molar-refractivity contribution >= 4 is 10.0 Å². The van der Waals surface area contributed by atoms with E-state index in [1.54, 1.807) is 22.5 Å². The smallest absolute Gasteiger partial charge is 0.243 e. The van der Waals surface area contributed by atoms with Crippen LogP contribution in [0.2, 0.25) is 0 Å². The molecule has 0 amide bonds. The van der Waals surface area contributed by atoms with E-state index in [1.807, 2.05) is 30.6 Å². The highest BCUT2D eigenvalue weighted by Crippen LogP contribution is 2.33. The van der Waals surface area contributed by atoms with E-state index in [9.17, 15) is 8.42 Å². The molecule has 0 radical (unpaired) electrons. The van der Waals surface area contributed by atoms with E-state index in [-0.39, 0.29) is 4.90 Å². The molecule has 0 atom stereocenters. The van der Waals surface area contributed by atoms with Gasteiger partial charge in [-0.15, -0.1) is 0 Å². The van der Waals surface area contributed by atoms with Crippen molar-refractivity contribution in [3.63, 3.8) is 0 Å². The van der Waals surface area contributed by atoms with Crippen LogP contribution in [0.3, 0.4) is 0 Å². The lowest BCUT2D eigenvalue weighted by Crippen LogP contribution is -2.49. The molecule has 2 aliphatic heterocycles. The third-order valence-corrected chi connectivity index (χ3v) is 7.78. The molecule has 0 spiro atoms. The second kappa shape index (κ2) is 8.93. The van der Waals surface area contributed by atoms with E-state index in [0.29, 0.717) is 50.9 Å². The predicted molar refractivity (Wildman–Crippen MR) is 120 cm³/mol. The Hall–Kier alpha value is -2.88. The van der Waals surface area contributed by atoms with Crippen LogP contribution in [0.15, 0.2) is 65.8 Å². The van der Waals surface area contributed by atoms with Gasteiger partial charge in [0.2, 0.25) is 10.0 Å². The van der Waals surface area contributed by atoms with Crippen LogP contribution in [-0.4, -0.2) is 73.1 Å². The first-order valence-corrected chi connectivity index (χ1v) is 12.2. The van der Waals surface area contributed by atoms with Crippen LogP contribution >= 0.6 is 0 Å². The van der Waals surface area contributed by atoms with E-state index >= 15 is 0 Å². The monoisotopic (exact) mass is 454 g/mol. The number of piperazine rings is 1. The van der Waals surface area contributed by atoms with Gasteiger partial charge in [-0.25, -0.2) is 13.4 Å². The molecular formula is C23H26N4O4S. The molecular weight excluding hydrogens is 428 g/mol. The molecule has 3 heterocycles. The van der Waals surface area contributed by atoms with Crippen molar-refractivity contribution in [2.45, 2.75) is 11.4 Å². The number of imidazole rings is 1. The molecule has 0 N–H and O–H groups in total. The number of nitrogens with zero attached hydrogens (tertiary/aromatic N) is 4. The standard InChI is InChI=1S/C23H26N4O4S/c28-32(29,20-6-7-21-22(18-20)31-17-16-30-21)27-14-11-25(12-15-27)10-13-26-9-8-24-23(26)19-4-2-1-3-5-19/h1-9,18H,10-17H2. The Labute approximate surface area is 188 Å². The van der Waals surface area contributed by atoms with Crippen LogP contribution in [0.4, 0.5) is 0 Å². The van der Waals surface area contributed by atoms with Crippen molar-refractivity contribution in [3.05, 3.63) is 60.9 Å². The third kappa shape index (κ3) is 4.23. The summed E-state index contributed by atoms with van der Waals surface area (Å²) in [5.41, 5.74) is 1.09. The van der Waals surface area contributed by atoms with Gasteiger partial charge in [0, 0.05) is 63.3 Å². The third-order valence-electron chi connectivity index (χ3n) is 5.89. The molecule has 2 aliphatic rings. The fourth-order valence-electron chi connectivity index (χ4n) is 4.11. The van der Waals surface area contributed by atoms with Crippen molar-refractivity contribution in [1.29, 1.82) is 0 Å². The molecule has 2 aromatic carbocycles. The molecule has 1 saturated heterocycles. The maximum absolute atomic E-state index is 13.1. The zero-order chi connectivity index (χ0) is 22.0. The van der Waals surface area contributed by atoms with E-state index in [0.717, 1.165) is 24.5 Å². The first-order chi connectivity index (χ1) is 15.6. The largest absolute Gasteiger partial charge is 0.486 e. The molecule has 32 heavy (non-hydrogen) atoms. The van der Waals surface area contributed by atoms with Gasteiger partial charge >= 0.3 is 0 Å². The van der Waals surface area contributed by atoms with E-state index in [4.69, 9.17) is 9.47 Å². The quantitative estimate of drug-likeness (QED) is 0.569. The maximum atomic E-state index is 13.1. The Balaban J connectivity index is 1.19. The van der Waals surface area contributed by atoms with Crippen molar-refractivity contribution < 1.29 is 17.9 Å². The minimum absolute atomic E-state index is 0.251. The minimum atomic E-state index is -3.56. The topological polar surface area (TPSA) is 76.9 Å². The highest BCUT2D eigenvalue weighted by Gasteiger charge is 2.29. The van der Waals surface area contributed by atoms with Gasteiger partial charge in [0.1, 0.15) is 19.0 Å². The molecule has 168 valence electrons. The van der Waals surface area contributed by atoms with Crippen LogP contribution in [0.25, 0.3) is 11.4 Å². The molecule has 5 rings (SSSR count). The minimum Gasteiger partial charge on any atom is -0.486 e. The lowest BCUT2D eigenvalue weighted by molar-refractivity contribution is 0.170. The predicted octanol–water partition coefficient (Wildman–Crippen LogP) is 2.33. The number of benzene rings is 2. The SMILES string of the molecule is O=S(=O)(c1ccc2c(c1)OCCO2)N1CCN(CCn2ccnc2-c2ccccc2)CC1. The van der Waals surface area contributed by atoms with Gasteiger partial charge in [-0.2, -0.15) is 4.31 Å². The zero-order valence-corrected chi connectivity index (χ0v) is 18.6. The first kappa shape index (κ1) is 21.0. The van der Waals surface area contributed by atoms with Crippen LogP contribution < -0.4 is 9.47 Å². The maximum Gasteiger partial charge on any atom is 0.243 e. The molecule has 3 aromatic rings. The molecule has 0 bridgehead atoms. The summed E-state index contributed by atoms with van der Waals surface area (Å²) < 4.78 is 41.0. The van der Waals surface area contributed by atoms with Gasteiger partial charge < -0.3 is 14.0 Å².